The summed E-state index contributed by atoms with van der Waals surface area (Å²) in [5, 5.41) is 11.8. The molecule has 0 bridgehead atoms. The maximum Gasteiger partial charge on any atom is 0.335 e. The molecule has 1 atom stereocenters. The number of carboxylic acids is 1. The Morgan fingerprint density at radius 2 is 1.84 bits per heavy atom. The van der Waals surface area contributed by atoms with Crippen molar-refractivity contribution in [3.63, 3.8) is 0 Å². The second-order valence-corrected chi connectivity index (χ2v) is 6.93. The molecule has 1 aromatic rings. The van der Waals surface area contributed by atoms with Gasteiger partial charge in [-0.1, -0.05) is 25.0 Å². The number of likely N-dealkylation sites (tertiary alicyclic amines) is 1. The molecule has 1 saturated heterocycles. The Kier molecular flexibility index (Phi) is 5.36. The third-order valence-electron chi connectivity index (χ3n) is 5.21. The van der Waals surface area contributed by atoms with Gasteiger partial charge in [0.15, 0.2) is 0 Å². The lowest BCUT2D eigenvalue weighted by atomic mass is 10.1. The summed E-state index contributed by atoms with van der Waals surface area (Å²) in [7, 11) is 0. The fourth-order valence-corrected chi connectivity index (χ4v) is 3.76. The van der Waals surface area contributed by atoms with Crippen molar-refractivity contribution < 1.29 is 19.5 Å². The number of carbonyl (C=O) groups is 3. The van der Waals surface area contributed by atoms with Crippen molar-refractivity contribution in [3.05, 3.63) is 35.4 Å². The van der Waals surface area contributed by atoms with E-state index in [0.29, 0.717) is 32.0 Å². The van der Waals surface area contributed by atoms with Gasteiger partial charge in [0.2, 0.25) is 11.8 Å². The van der Waals surface area contributed by atoms with Crippen molar-refractivity contribution >= 4 is 17.8 Å². The number of benzene rings is 1. The summed E-state index contributed by atoms with van der Waals surface area (Å²) in [6.45, 7) is 1.03. The highest BCUT2D eigenvalue weighted by atomic mass is 16.4. The summed E-state index contributed by atoms with van der Waals surface area (Å²) in [6.07, 6.45) is 5.42. The molecule has 2 amide bonds. The van der Waals surface area contributed by atoms with Crippen molar-refractivity contribution in [3.8, 4) is 0 Å². The van der Waals surface area contributed by atoms with Crippen molar-refractivity contribution in [1.82, 2.24) is 10.2 Å². The average molecular weight is 344 g/mol. The molecule has 1 aromatic carbocycles. The Balaban J connectivity index is 1.45. The van der Waals surface area contributed by atoms with Gasteiger partial charge in [0, 0.05) is 25.6 Å². The molecular formula is C19H24N2O4. The lowest BCUT2D eigenvalue weighted by Crippen LogP contribution is -2.37. The average Bonchev–Trinajstić information content (AvgIpc) is 3.24. The minimum atomic E-state index is -0.947. The summed E-state index contributed by atoms with van der Waals surface area (Å²) in [6, 6.07) is 6.98. The van der Waals surface area contributed by atoms with Crippen molar-refractivity contribution in [2.75, 3.05) is 13.1 Å². The zero-order valence-corrected chi connectivity index (χ0v) is 14.2. The first-order valence-electron chi connectivity index (χ1n) is 8.94. The third kappa shape index (κ3) is 4.18. The molecule has 6 nitrogen and oxygen atoms in total. The second kappa shape index (κ2) is 7.68. The van der Waals surface area contributed by atoms with E-state index in [1.54, 1.807) is 24.3 Å². The van der Waals surface area contributed by atoms with Crippen LogP contribution < -0.4 is 5.32 Å². The van der Waals surface area contributed by atoms with E-state index < -0.39 is 5.97 Å². The van der Waals surface area contributed by atoms with E-state index in [-0.39, 0.29) is 23.3 Å². The molecule has 0 unspecified atom stereocenters. The van der Waals surface area contributed by atoms with Crippen LogP contribution >= 0.6 is 0 Å². The van der Waals surface area contributed by atoms with E-state index in [2.05, 4.69) is 5.32 Å². The third-order valence-corrected chi connectivity index (χ3v) is 5.21. The maximum atomic E-state index is 12.3. The van der Waals surface area contributed by atoms with Crippen LogP contribution in [0.2, 0.25) is 0 Å². The van der Waals surface area contributed by atoms with Gasteiger partial charge in [-0.3, -0.25) is 9.59 Å². The Morgan fingerprint density at radius 3 is 2.48 bits per heavy atom. The van der Waals surface area contributed by atoms with E-state index in [4.69, 9.17) is 5.11 Å². The molecule has 3 rings (SSSR count). The van der Waals surface area contributed by atoms with E-state index in [0.717, 1.165) is 18.4 Å². The minimum absolute atomic E-state index is 0.0593. The van der Waals surface area contributed by atoms with Crippen LogP contribution in [0.1, 0.15) is 48.0 Å². The number of aromatic carboxylic acids is 1. The summed E-state index contributed by atoms with van der Waals surface area (Å²) in [5.74, 6) is -1.15. The predicted molar refractivity (Wildman–Crippen MR) is 92.2 cm³/mol. The zero-order chi connectivity index (χ0) is 17.8. The molecule has 1 aliphatic carbocycles. The molecule has 0 radical (unpaired) electrons. The summed E-state index contributed by atoms with van der Waals surface area (Å²) in [5.41, 5.74) is 1.23. The molecule has 1 heterocycles. The number of hydrogen-bond donors (Lipinski definition) is 2. The largest absolute Gasteiger partial charge is 0.478 e. The Morgan fingerprint density at radius 1 is 1.16 bits per heavy atom. The van der Waals surface area contributed by atoms with Gasteiger partial charge in [-0.25, -0.2) is 4.79 Å². The van der Waals surface area contributed by atoms with Gasteiger partial charge in [0.1, 0.15) is 0 Å². The Labute approximate surface area is 147 Å². The van der Waals surface area contributed by atoms with Crippen LogP contribution in [0, 0.1) is 5.92 Å². The van der Waals surface area contributed by atoms with E-state index in [9.17, 15) is 14.4 Å². The molecule has 1 saturated carbocycles. The Hall–Kier alpha value is -2.37. The predicted octanol–water partition coefficient (Wildman–Crippen LogP) is 1.83. The standard InChI is InChI=1S/C19H24N2O4/c22-17-11-15(12-21(17)16-3-1-2-4-16)18(23)20-10-9-13-5-7-14(8-6-13)19(24)25/h5-8,15-16H,1-4,9-12H2,(H,20,23)(H,24,25)/t15-/m1/s1. The minimum Gasteiger partial charge on any atom is -0.478 e. The molecule has 2 aliphatic rings. The van der Waals surface area contributed by atoms with Gasteiger partial charge in [-0.05, 0) is 37.0 Å². The molecule has 6 heteroatoms. The SMILES string of the molecule is O=C(O)c1ccc(CCNC(=O)[C@@H]2CC(=O)N(C3CCCC3)C2)cc1. The van der Waals surface area contributed by atoms with Crippen LogP contribution in [0.5, 0.6) is 0 Å². The van der Waals surface area contributed by atoms with Crippen molar-refractivity contribution in [1.29, 1.82) is 0 Å². The summed E-state index contributed by atoms with van der Waals surface area (Å²) >= 11 is 0. The van der Waals surface area contributed by atoms with Gasteiger partial charge >= 0.3 is 5.97 Å². The lowest BCUT2D eigenvalue weighted by molar-refractivity contribution is -0.130. The van der Waals surface area contributed by atoms with E-state index in [1.807, 2.05) is 4.90 Å². The molecule has 134 valence electrons. The highest BCUT2D eigenvalue weighted by molar-refractivity contribution is 5.89. The van der Waals surface area contributed by atoms with Crippen molar-refractivity contribution in [2.45, 2.75) is 44.6 Å². The highest BCUT2D eigenvalue weighted by Gasteiger charge is 2.38. The number of nitrogens with one attached hydrogen (secondary N) is 1. The molecule has 25 heavy (non-hydrogen) atoms. The van der Waals surface area contributed by atoms with Crippen LogP contribution in [0.15, 0.2) is 24.3 Å². The number of carbonyl (C=O) groups excluding carboxylic acids is 2. The highest BCUT2D eigenvalue weighted by Crippen LogP contribution is 2.29. The number of rotatable bonds is 6. The molecule has 0 aromatic heterocycles. The molecule has 0 spiro atoms. The normalized spacial score (nSPS) is 20.9. The van der Waals surface area contributed by atoms with Gasteiger partial charge in [0.25, 0.3) is 0 Å². The van der Waals surface area contributed by atoms with Crippen LogP contribution in [-0.4, -0.2) is 46.9 Å². The maximum absolute atomic E-state index is 12.3. The van der Waals surface area contributed by atoms with Crippen LogP contribution in [0.25, 0.3) is 0 Å². The van der Waals surface area contributed by atoms with Crippen LogP contribution in [-0.2, 0) is 16.0 Å². The molecule has 2 fully saturated rings. The monoisotopic (exact) mass is 344 g/mol. The number of hydrogen-bond acceptors (Lipinski definition) is 3. The quantitative estimate of drug-likeness (QED) is 0.824. The van der Waals surface area contributed by atoms with Gasteiger partial charge < -0.3 is 15.3 Å². The topological polar surface area (TPSA) is 86.7 Å². The number of nitrogens with zero attached hydrogens (tertiary/aromatic N) is 1. The fraction of sp³-hybridized carbons (Fsp3) is 0.526. The van der Waals surface area contributed by atoms with Crippen LogP contribution in [0.4, 0.5) is 0 Å². The fourth-order valence-electron chi connectivity index (χ4n) is 3.76. The lowest BCUT2D eigenvalue weighted by Gasteiger charge is -2.23. The number of carboxylic acid groups (broad SMARTS) is 1. The zero-order valence-electron chi connectivity index (χ0n) is 14.2. The smallest absolute Gasteiger partial charge is 0.335 e. The molecule has 1 aliphatic heterocycles. The molecular weight excluding hydrogens is 320 g/mol. The summed E-state index contributed by atoms with van der Waals surface area (Å²) in [4.78, 5) is 37.2. The summed E-state index contributed by atoms with van der Waals surface area (Å²) < 4.78 is 0. The molecule has 2 N–H and O–H groups in total. The van der Waals surface area contributed by atoms with Gasteiger partial charge in [-0.15, -0.1) is 0 Å². The Bertz CT molecular complexity index is 650. The van der Waals surface area contributed by atoms with Crippen LogP contribution in [0.3, 0.4) is 0 Å². The van der Waals surface area contributed by atoms with Gasteiger partial charge in [-0.2, -0.15) is 0 Å². The van der Waals surface area contributed by atoms with E-state index >= 15 is 0 Å². The van der Waals surface area contributed by atoms with Crippen molar-refractivity contribution in [2.24, 2.45) is 5.92 Å². The first kappa shape index (κ1) is 17.5. The first-order valence-corrected chi connectivity index (χ1v) is 8.94. The number of amides is 2. The van der Waals surface area contributed by atoms with E-state index in [1.165, 1.54) is 12.8 Å². The first-order chi connectivity index (χ1) is 12.0. The van der Waals surface area contributed by atoms with Gasteiger partial charge in [0.05, 0.1) is 11.5 Å². The second-order valence-electron chi connectivity index (χ2n) is 6.93.